The van der Waals surface area contributed by atoms with Crippen LogP contribution in [-0.2, 0) is 30.8 Å². The van der Waals surface area contributed by atoms with Crippen molar-refractivity contribution < 1.29 is 27.5 Å². The molecule has 0 unspecified atom stereocenters. The first-order valence-corrected chi connectivity index (χ1v) is 10.3. The van der Waals surface area contributed by atoms with E-state index in [1.54, 1.807) is 30.3 Å². The quantitative estimate of drug-likeness (QED) is 0.585. The van der Waals surface area contributed by atoms with E-state index in [1.807, 2.05) is 0 Å². The largest absolute Gasteiger partial charge is 0.468 e. The molecule has 0 radical (unpaired) electrons. The molecule has 0 bridgehead atoms. The van der Waals surface area contributed by atoms with Crippen LogP contribution in [0.25, 0.3) is 10.2 Å². The third kappa shape index (κ3) is 3.97. The molecule has 0 fully saturated rings. The molecule has 1 aromatic heterocycles. The second-order valence-electron chi connectivity index (χ2n) is 5.60. The predicted molar refractivity (Wildman–Crippen MR) is 102 cm³/mol. The Bertz CT molecular complexity index is 1210. The van der Waals surface area contributed by atoms with Crippen LogP contribution in [0.3, 0.4) is 0 Å². The van der Waals surface area contributed by atoms with Gasteiger partial charge in [0.25, 0.3) is 10.0 Å². The Kier molecular flexibility index (Phi) is 5.61. The molecule has 0 aliphatic rings. The number of sulfonamides is 1. The maximum atomic E-state index is 12.6. The molecular formula is C18H16N2O6S2. The highest BCUT2D eigenvalue weighted by Crippen LogP contribution is 2.21. The summed E-state index contributed by atoms with van der Waals surface area (Å²) in [5, 5.41) is 0. The molecule has 0 aliphatic heterocycles. The van der Waals surface area contributed by atoms with Crippen LogP contribution in [0.1, 0.15) is 10.4 Å². The number of carbonyl (C=O) groups excluding carboxylic acids is 2. The van der Waals surface area contributed by atoms with Gasteiger partial charge in [-0.15, -0.1) is 4.40 Å². The maximum Gasteiger partial charge on any atom is 0.337 e. The average molecular weight is 420 g/mol. The lowest BCUT2D eigenvalue weighted by atomic mass is 10.2. The van der Waals surface area contributed by atoms with E-state index in [-0.39, 0.29) is 16.2 Å². The summed E-state index contributed by atoms with van der Waals surface area (Å²) in [7, 11) is -1.48. The van der Waals surface area contributed by atoms with E-state index in [2.05, 4.69) is 4.40 Å². The molecule has 146 valence electrons. The monoisotopic (exact) mass is 420 g/mol. The molecule has 0 saturated heterocycles. The van der Waals surface area contributed by atoms with Crippen LogP contribution in [-0.4, -0.2) is 39.1 Å². The van der Waals surface area contributed by atoms with Gasteiger partial charge in [-0.1, -0.05) is 29.5 Å². The molecule has 3 aromatic rings. The van der Waals surface area contributed by atoms with Crippen molar-refractivity contribution in [3.63, 3.8) is 0 Å². The number of carbonyl (C=O) groups is 2. The molecule has 3 rings (SSSR count). The van der Waals surface area contributed by atoms with Gasteiger partial charge in [-0.25, -0.2) is 4.79 Å². The van der Waals surface area contributed by atoms with Crippen molar-refractivity contribution in [1.82, 2.24) is 4.57 Å². The Morgan fingerprint density at radius 2 is 1.79 bits per heavy atom. The molecule has 0 spiro atoms. The fourth-order valence-corrected chi connectivity index (χ4v) is 4.78. The Morgan fingerprint density at radius 3 is 2.43 bits per heavy atom. The Hall–Kier alpha value is -2.98. The molecule has 10 heteroatoms. The van der Waals surface area contributed by atoms with E-state index in [4.69, 9.17) is 9.47 Å². The molecular weight excluding hydrogens is 404 g/mol. The standard InChI is InChI=1S/C18H16N2O6S2/c1-25-16(21)11-20-14-9-8-12(17(22)26-2)10-15(14)27-18(20)19-28(23,24)13-6-4-3-5-7-13/h3-10H,11H2,1-2H3/b19-18-. The smallest absolute Gasteiger partial charge is 0.337 e. The van der Waals surface area contributed by atoms with Crippen molar-refractivity contribution in [2.75, 3.05) is 14.2 Å². The van der Waals surface area contributed by atoms with Crippen molar-refractivity contribution in [2.45, 2.75) is 11.4 Å². The van der Waals surface area contributed by atoms with Crippen LogP contribution in [0, 0.1) is 0 Å². The molecule has 0 saturated carbocycles. The van der Waals surface area contributed by atoms with Gasteiger partial charge >= 0.3 is 11.9 Å². The third-order valence-corrected chi connectivity index (χ3v) is 6.30. The average Bonchev–Trinajstić information content (AvgIpc) is 3.03. The second-order valence-corrected chi connectivity index (χ2v) is 8.21. The maximum absolute atomic E-state index is 12.6. The minimum atomic E-state index is -3.99. The number of rotatable bonds is 5. The number of fused-ring (bicyclic) bond motifs is 1. The van der Waals surface area contributed by atoms with Gasteiger partial charge in [0.05, 0.1) is 34.9 Å². The van der Waals surface area contributed by atoms with Crippen molar-refractivity contribution in [2.24, 2.45) is 4.40 Å². The highest BCUT2D eigenvalue weighted by atomic mass is 32.2. The topological polar surface area (TPSA) is 104 Å². The summed E-state index contributed by atoms with van der Waals surface area (Å²) in [6.45, 7) is -0.225. The first-order valence-electron chi connectivity index (χ1n) is 8.00. The van der Waals surface area contributed by atoms with E-state index < -0.39 is 22.0 Å². The molecule has 8 nitrogen and oxygen atoms in total. The number of ether oxygens (including phenoxy) is 2. The van der Waals surface area contributed by atoms with E-state index >= 15 is 0 Å². The van der Waals surface area contributed by atoms with Gasteiger partial charge in [0.15, 0.2) is 0 Å². The van der Waals surface area contributed by atoms with Gasteiger partial charge < -0.3 is 14.0 Å². The number of methoxy groups -OCH3 is 2. The lowest BCUT2D eigenvalue weighted by Crippen LogP contribution is -2.22. The zero-order valence-corrected chi connectivity index (χ0v) is 16.6. The molecule has 2 aromatic carbocycles. The molecule has 0 atom stereocenters. The molecule has 0 aliphatic carbocycles. The molecule has 0 amide bonds. The molecule has 28 heavy (non-hydrogen) atoms. The zero-order valence-electron chi connectivity index (χ0n) is 15.0. The van der Waals surface area contributed by atoms with Gasteiger partial charge in [-0.2, -0.15) is 8.42 Å². The van der Waals surface area contributed by atoms with Gasteiger partial charge in [0.2, 0.25) is 4.80 Å². The van der Waals surface area contributed by atoms with Crippen molar-refractivity contribution in [1.29, 1.82) is 0 Å². The number of aromatic nitrogens is 1. The Morgan fingerprint density at radius 1 is 1.07 bits per heavy atom. The van der Waals surface area contributed by atoms with Gasteiger partial charge in [0.1, 0.15) is 6.54 Å². The second kappa shape index (κ2) is 7.95. The number of benzene rings is 2. The zero-order chi connectivity index (χ0) is 20.3. The SMILES string of the molecule is COC(=O)Cn1/c(=N/S(=O)(=O)c2ccccc2)sc2cc(C(=O)OC)ccc21. The van der Waals surface area contributed by atoms with E-state index in [9.17, 15) is 18.0 Å². The third-order valence-electron chi connectivity index (χ3n) is 3.86. The minimum absolute atomic E-state index is 0.0346. The van der Waals surface area contributed by atoms with Crippen LogP contribution in [0.5, 0.6) is 0 Å². The minimum Gasteiger partial charge on any atom is -0.468 e. The normalized spacial score (nSPS) is 12.1. The fraction of sp³-hybridized carbons (Fsp3) is 0.167. The highest BCUT2D eigenvalue weighted by molar-refractivity contribution is 7.90. The highest BCUT2D eigenvalue weighted by Gasteiger charge is 2.17. The van der Waals surface area contributed by atoms with Crippen molar-refractivity contribution >= 4 is 43.5 Å². The van der Waals surface area contributed by atoms with Crippen LogP contribution in [0.2, 0.25) is 0 Å². The number of nitrogens with zero attached hydrogens (tertiary/aromatic N) is 2. The lowest BCUT2D eigenvalue weighted by molar-refractivity contribution is -0.141. The predicted octanol–water partition coefficient (Wildman–Crippen LogP) is 1.95. The number of esters is 2. The van der Waals surface area contributed by atoms with Crippen molar-refractivity contribution in [3.05, 3.63) is 58.9 Å². The first kappa shape index (κ1) is 19.8. The summed E-state index contributed by atoms with van der Waals surface area (Å²) in [6, 6.07) is 12.5. The van der Waals surface area contributed by atoms with Crippen molar-refractivity contribution in [3.8, 4) is 0 Å². The van der Waals surface area contributed by atoms with Crippen LogP contribution < -0.4 is 4.80 Å². The summed E-state index contributed by atoms with van der Waals surface area (Å²) >= 11 is 1.04. The molecule has 0 N–H and O–H groups in total. The summed E-state index contributed by atoms with van der Waals surface area (Å²) in [5.74, 6) is -1.08. The van der Waals surface area contributed by atoms with Crippen LogP contribution in [0.4, 0.5) is 0 Å². The summed E-state index contributed by atoms with van der Waals surface area (Å²) in [4.78, 5) is 23.7. The van der Waals surface area contributed by atoms with Crippen LogP contribution in [0.15, 0.2) is 57.8 Å². The van der Waals surface area contributed by atoms with Crippen LogP contribution >= 0.6 is 11.3 Å². The summed E-state index contributed by atoms with van der Waals surface area (Å²) < 4.78 is 40.6. The summed E-state index contributed by atoms with van der Waals surface area (Å²) in [5.41, 5.74) is 0.851. The number of hydrogen-bond acceptors (Lipinski definition) is 7. The van der Waals surface area contributed by atoms with E-state index in [1.165, 1.54) is 37.0 Å². The first-order chi connectivity index (χ1) is 13.4. The number of hydrogen-bond donors (Lipinski definition) is 0. The van der Waals surface area contributed by atoms with E-state index in [0.717, 1.165) is 11.3 Å². The fourth-order valence-electron chi connectivity index (χ4n) is 2.48. The van der Waals surface area contributed by atoms with Gasteiger partial charge in [-0.3, -0.25) is 4.79 Å². The van der Waals surface area contributed by atoms with Gasteiger partial charge in [0, 0.05) is 0 Å². The number of thiazole rings is 1. The Balaban J connectivity index is 2.23. The molecule has 1 heterocycles. The van der Waals surface area contributed by atoms with E-state index in [0.29, 0.717) is 15.8 Å². The summed E-state index contributed by atoms with van der Waals surface area (Å²) in [6.07, 6.45) is 0. The lowest BCUT2D eigenvalue weighted by Gasteiger charge is -2.04. The van der Waals surface area contributed by atoms with Gasteiger partial charge in [-0.05, 0) is 30.3 Å². The Labute approximate surface area is 164 Å².